The van der Waals surface area contributed by atoms with Crippen LogP contribution in [-0.4, -0.2) is 33.2 Å². The molecule has 1 fully saturated rings. The molecule has 21 heavy (non-hydrogen) atoms. The second-order valence-electron chi connectivity index (χ2n) is 4.47. The molecule has 1 aliphatic carbocycles. The molecule has 0 aromatic heterocycles. The molecule has 0 bridgehead atoms. The molecule has 1 aliphatic rings. The van der Waals surface area contributed by atoms with Crippen LogP contribution in [0.15, 0.2) is 6.07 Å². The maximum Gasteiger partial charge on any atom is 0.189 e. The van der Waals surface area contributed by atoms with E-state index >= 15 is 0 Å². The molecule has 0 atom stereocenters. The molecule has 0 saturated heterocycles. The minimum atomic E-state index is -0.512. The van der Waals surface area contributed by atoms with Gasteiger partial charge in [0.25, 0.3) is 0 Å². The molecule has 0 heterocycles. The lowest BCUT2D eigenvalue weighted by atomic mass is 10.2. The molecular formula is C14H15FINO4. The highest BCUT2D eigenvalue weighted by Gasteiger charge is 2.28. The molecule has 0 aliphatic heterocycles. The normalized spacial score (nSPS) is 13.8. The minimum absolute atomic E-state index is 0.0602. The summed E-state index contributed by atoms with van der Waals surface area (Å²) in [5.41, 5.74) is 0.161. The number of ether oxygens (including phenoxy) is 4. The molecule has 1 aromatic rings. The predicted molar refractivity (Wildman–Crippen MR) is 80.8 cm³/mol. The molecule has 0 N–H and O–H groups in total. The third kappa shape index (κ3) is 4.43. The van der Waals surface area contributed by atoms with E-state index in [-0.39, 0.29) is 27.8 Å². The highest BCUT2D eigenvalue weighted by atomic mass is 127. The van der Waals surface area contributed by atoms with Crippen molar-refractivity contribution in [3.8, 4) is 17.6 Å². The smallest absolute Gasteiger partial charge is 0.189 e. The van der Waals surface area contributed by atoms with Crippen LogP contribution in [0.1, 0.15) is 18.4 Å². The first-order chi connectivity index (χ1) is 10.2. The summed E-state index contributed by atoms with van der Waals surface area (Å²) >= 11 is 1.79. The Hall–Kier alpha value is -1.11. The van der Waals surface area contributed by atoms with E-state index in [0.717, 1.165) is 12.8 Å². The fourth-order valence-electron chi connectivity index (χ4n) is 1.57. The topological polar surface area (TPSA) is 60.7 Å². The van der Waals surface area contributed by atoms with Gasteiger partial charge in [-0.2, -0.15) is 5.26 Å². The number of nitrogens with zero attached hydrogens (tertiary/aromatic N) is 1. The van der Waals surface area contributed by atoms with Gasteiger partial charge in [0, 0.05) is 13.2 Å². The number of benzene rings is 1. The third-order valence-electron chi connectivity index (χ3n) is 2.79. The fraction of sp³-hybridized carbons (Fsp3) is 0.500. The van der Waals surface area contributed by atoms with E-state index < -0.39 is 5.82 Å². The number of methoxy groups -OCH3 is 1. The first-order valence-electron chi connectivity index (χ1n) is 6.45. The van der Waals surface area contributed by atoms with Crippen LogP contribution in [0.3, 0.4) is 0 Å². The van der Waals surface area contributed by atoms with Crippen molar-refractivity contribution in [2.75, 3.05) is 27.1 Å². The maximum atomic E-state index is 13.8. The molecule has 1 saturated carbocycles. The van der Waals surface area contributed by atoms with Crippen molar-refractivity contribution in [3.63, 3.8) is 0 Å². The molecule has 1 aromatic carbocycles. The van der Waals surface area contributed by atoms with Crippen LogP contribution in [0.5, 0.6) is 11.5 Å². The first-order valence-corrected chi connectivity index (χ1v) is 7.53. The summed E-state index contributed by atoms with van der Waals surface area (Å²) in [6.45, 7) is 0.752. The Bertz CT molecular complexity index is 543. The second kappa shape index (κ2) is 7.77. The Morgan fingerprint density at radius 3 is 2.81 bits per heavy atom. The SMILES string of the molecule is COCCOCOc1cc(F)c(I)c(C#N)c1OC1CC1. The average Bonchev–Trinajstić information content (AvgIpc) is 3.28. The van der Waals surface area contributed by atoms with Gasteiger partial charge in [-0.25, -0.2) is 4.39 Å². The van der Waals surface area contributed by atoms with Crippen molar-refractivity contribution in [1.82, 2.24) is 0 Å². The number of halogens is 2. The van der Waals surface area contributed by atoms with Crippen LogP contribution in [0, 0.1) is 20.7 Å². The van der Waals surface area contributed by atoms with Gasteiger partial charge in [0.05, 0.1) is 22.9 Å². The predicted octanol–water partition coefficient (Wildman–Crippen LogP) is 2.84. The average molecular weight is 407 g/mol. The molecule has 114 valence electrons. The number of nitriles is 1. The molecule has 2 rings (SSSR count). The van der Waals surface area contributed by atoms with E-state index in [9.17, 15) is 9.65 Å². The highest BCUT2D eigenvalue weighted by Crippen LogP contribution is 2.39. The Morgan fingerprint density at radius 1 is 1.43 bits per heavy atom. The summed E-state index contributed by atoms with van der Waals surface area (Å²) < 4.78 is 35.2. The van der Waals surface area contributed by atoms with E-state index in [1.165, 1.54) is 6.07 Å². The van der Waals surface area contributed by atoms with Crippen molar-refractivity contribution < 1.29 is 23.3 Å². The number of hydrogen-bond donors (Lipinski definition) is 0. The molecule has 0 unspecified atom stereocenters. The number of rotatable bonds is 8. The summed E-state index contributed by atoms with van der Waals surface area (Å²) in [5.74, 6) is -0.0305. The van der Waals surface area contributed by atoms with Crippen molar-refractivity contribution >= 4 is 22.6 Å². The van der Waals surface area contributed by atoms with Gasteiger partial charge in [0.2, 0.25) is 0 Å². The van der Waals surface area contributed by atoms with E-state index in [4.69, 9.17) is 18.9 Å². The van der Waals surface area contributed by atoms with Gasteiger partial charge in [-0.3, -0.25) is 0 Å². The van der Waals surface area contributed by atoms with Gasteiger partial charge in [0.15, 0.2) is 18.3 Å². The lowest BCUT2D eigenvalue weighted by molar-refractivity contribution is -0.00992. The highest BCUT2D eigenvalue weighted by molar-refractivity contribution is 14.1. The Labute approximate surface area is 136 Å². The van der Waals surface area contributed by atoms with Crippen LogP contribution in [0.2, 0.25) is 0 Å². The van der Waals surface area contributed by atoms with Crippen LogP contribution >= 0.6 is 22.6 Å². The standard InChI is InChI=1S/C14H15FINO4/c1-18-4-5-19-8-20-12-6-11(15)13(16)10(7-17)14(12)21-9-2-3-9/h6,9H,2-5,8H2,1H3. The summed E-state index contributed by atoms with van der Waals surface area (Å²) in [7, 11) is 1.57. The molecule has 7 heteroatoms. The first kappa shape index (κ1) is 16.3. The summed E-state index contributed by atoms with van der Waals surface area (Å²) in [4.78, 5) is 0. The summed E-state index contributed by atoms with van der Waals surface area (Å²) in [5, 5.41) is 9.22. The van der Waals surface area contributed by atoms with Crippen LogP contribution in [0.25, 0.3) is 0 Å². The van der Waals surface area contributed by atoms with E-state index in [1.807, 2.05) is 6.07 Å². The van der Waals surface area contributed by atoms with E-state index in [2.05, 4.69) is 0 Å². The van der Waals surface area contributed by atoms with Gasteiger partial charge in [-0.15, -0.1) is 0 Å². The Morgan fingerprint density at radius 2 is 2.19 bits per heavy atom. The van der Waals surface area contributed by atoms with Crippen molar-refractivity contribution in [1.29, 1.82) is 5.26 Å². The van der Waals surface area contributed by atoms with Gasteiger partial charge in [-0.05, 0) is 35.4 Å². The zero-order valence-corrected chi connectivity index (χ0v) is 13.7. The van der Waals surface area contributed by atoms with Gasteiger partial charge >= 0.3 is 0 Å². The van der Waals surface area contributed by atoms with Gasteiger partial charge in [0.1, 0.15) is 17.4 Å². The van der Waals surface area contributed by atoms with Crippen molar-refractivity contribution in [3.05, 3.63) is 21.0 Å². The van der Waals surface area contributed by atoms with E-state index in [1.54, 1.807) is 29.7 Å². The fourth-order valence-corrected chi connectivity index (χ4v) is 2.09. The van der Waals surface area contributed by atoms with Gasteiger partial charge < -0.3 is 18.9 Å². The molecular weight excluding hydrogens is 392 g/mol. The lowest BCUT2D eigenvalue weighted by Crippen LogP contribution is -2.10. The minimum Gasteiger partial charge on any atom is -0.485 e. The monoisotopic (exact) mass is 407 g/mol. The second-order valence-corrected chi connectivity index (χ2v) is 5.55. The zero-order valence-electron chi connectivity index (χ0n) is 11.5. The zero-order chi connectivity index (χ0) is 15.2. The molecule has 0 amide bonds. The van der Waals surface area contributed by atoms with Crippen molar-refractivity contribution in [2.45, 2.75) is 18.9 Å². The number of hydrogen-bond acceptors (Lipinski definition) is 5. The van der Waals surface area contributed by atoms with Crippen LogP contribution in [0.4, 0.5) is 4.39 Å². The van der Waals surface area contributed by atoms with Gasteiger partial charge in [-0.1, -0.05) is 0 Å². The van der Waals surface area contributed by atoms with Crippen molar-refractivity contribution in [2.24, 2.45) is 0 Å². The third-order valence-corrected chi connectivity index (χ3v) is 3.84. The summed E-state index contributed by atoms with van der Waals surface area (Å²) in [6, 6.07) is 3.20. The summed E-state index contributed by atoms with van der Waals surface area (Å²) in [6.07, 6.45) is 1.95. The maximum absolute atomic E-state index is 13.8. The Kier molecular flexibility index (Phi) is 6.02. The largest absolute Gasteiger partial charge is 0.485 e. The molecule has 0 spiro atoms. The lowest BCUT2D eigenvalue weighted by Gasteiger charge is -2.15. The molecule has 5 nitrogen and oxygen atoms in total. The molecule has 0 radical (unpaired) electrons. The van der Waals surface area contributed by atoms with E-state index in [0.29, 0.717) is 19.0 Å². The van der Waals surface area contributed by atoms with Crippen LogP contribution in [-0.2, 0) is 9.47 Å². The van der Waals surface area contributed by atoms with Crippen LogP contribution < -0.4 is 9.47 Å². The quantitative estimate of drug-likeness (QED) is 0.377. The Balaban J connectivity index is 2.13.